The maximum absolute atomic E-state index is 13.6. The first-order chi connectivity index (χ1) is 13.2. The van der Waals surface area contributed by atoms with Crippen LogP contribution in [0.1, 0.15) is 28.2 Å². The second-order valence-corrected chi connectivity index (χ2v) is 7.85. The number of alkyl halides is 3. The number of amides is 1. The number of benzene rings is 2. The van der Waals surface area contributed by atoms with Crippen molar-refractivity contribution in [3.8, 4) is 0 Å². The number of hydrogen-bond acceptors (Lipinski definition) is 4. The van der Waals surface area contributed by atoms with E-state index >= 15 is 0 Å². The Hall–Kier alpha value is -2.45. The van der Waals surface area contributed by atoms with Gasteiger partial charge in [0.1, 0.15) is 5.01 Å². The Bertz CT molecular complexity index is 1070. The maximum Gasteiger partial charge on any atom is 0.424 e. The summed E-state index contributed by atoms with van der Waals surface area (Å²) < 4.78 is 40.8. The van der Waals surface area contributed by atoms with Gasteiger partial charge in [-0.2, -0.15) is 13.2 Å². The van der Waals surface area contributed by atoms with Crippen molar-refractivity contribution in [2.75, 3.05) is 5.32 Å². The first-order valence-corrected chi connectivity index (χ1v) is 9.62. The Morgan fingerprint density at radius 2 is 1.93 bits per heavy atom. The Kier molecular flexibility index (Phi) is 4.43. The third-order valence-electron chi connectivity index (χ3n) is 5.01. The topological polar surface area (TPSA) is 62.2 Å². The number of carbonyl (C=O) groups is 1. The van der Waals surface area contributed by atoms with Crippen LogP contribution in [0.5, 0.6) is 0 Å². The van der Waals surface area contributed by atoms with Crippen molar-refractivity contribution in [3.05, 3.63) is 57.5 Å². The quantitative estimate of drug-likeness (QED) is 0.672. The molecule has 4 rings (SSSR count). The molecule has 2 N–H and O–H groups in total. The molecule has 1 amide bonds. The lowest BCUT2D eigenvalue weighted by atomic mass is 9.98. The molecule has 0 bridgehead atoms. The van der Waals surface area contributed by atoms with Gasteiger partial charge in [0.15, 0.2) is 0 Å². The fourth-order valence-electron chi connectivity index (χ4n) is 3.62. The standard InChI is InChI=1S/C20H17F3N2O2S/c1-11-10-28-18(24-11)19(27,20(21,22)23)9-16(26)25-15-8-7-13-6-5-12-3-2-4-14(15)17(12)13/h2-4,7-8,10,27H,5-6,9H2,1H3,(H,25,26)/t19-/m1/s1. The van der Waals surface area contributed by atoms with Crippen LogP contribution in [-0.2, 0) is 23.2 Å². The summed E-state index contributed by atoms with van der Waals surface area (Å²) >= 11 is 0.685. The zero-order valence-corrected chi connectivity index (χ0v) is 15.7. The molecule has 8 heteroatoms. The van der Waals surface area contributed by atoms with Crippen molar-refractivity contribution in [2.45, 2.75) is 38.0 Å². The molecule has 0 spiro atoms. The largest absolute Gasteiger partial charge is 0.424 e. The van der Waals surface area contributed by atoms with E-state index < -0.39 is 29.1 Å². The molecule has 0 saturated heterocycles. The number of nitrogens with zero attached hydrogens (tertiary/aromatic N) is 1. The van der Waals surface area contributed by atoms with Gasteiger partial charge in [-0.25, -0.2) is 4.98 Å². The second kappa shape index (κ2) is 6.56. The van der Waals surface area contributed by atoms with Gasteiger partial charge in [0.2, 0.25) is 11.5 Å². The van der Waals surface area contributed by atoms with Crippen LogP contribution in [0.2, 0.25) is 0 Å². The summed E-state index contributed by atoms with van der Waals surface area (Å²) in [6.45, 7) is 1.53. The molecule has 2 aromatic carbocycles. The van der Waals surface area contributed by atoms with E-state index in [4.69, 9.17) is 0 Å². The molecular weight excluding hydrogens is 389 g/mol. The number of thiazole rings is 1. The van der Waals surface area contributed by atoms with Crippen LogP contribution in [0.3, 0.4) is 0 Å². The average Bonchev–Trinajstić information content (AvgIpc) is 3.24. The van der Waals surface area contributed by atoms with E-state index in [9.17, 15) is 23.1 Å². The van der Waals surface area contributed by atoms with Crippen molar-refractivity contribution in [2.24, 2.45) is 0 Å². The molecule has 1 heterocycles. The number of rotatable bonds is 4. The van der Waals surface area contributed by atoms with Gasteiger partial charge in [0.25, 0.3) is 0 Å². The fraction of sp³-hybridized carbons (Fsp3) is 0.300. The SMILES string of the molecule is Cc1csc([C@](O)(CC(=O)Nc2ccc3c4c(cccc24)CC3)C(F)(F)F)n1. The van der Waals surface area contributed by atoms with Crippen LogP contribution in [0.4, 0.5) is 18.9 Å². The predicted octanol–water partition coefficient (Wildman–Crippen LogP) is 4.48. The van der Waals surface area contributed by atoms with Crippen molar-refractivity contribution in [1.29, 1.82) is 0 Å². The Balaban J connectivity index is 1.65. The van der Waals surface area contributed by atoms with Crippen molar-refractivity contribution in [1.82, 2.24) is 4.98 Å². The summed E-state index contributed by atoms with van der Waals surface area (Å²) in [4.78, 5) is 16.2. The van der Waals surface area contributed by atoms with E-state index in [1.807, 2.05) is 24.3 Å². The van der Waals surface area contributed by atoms with Gasteiger partial charge in [-0.05, 0) is 42.3 Å². The summed E-state index contributed by atoms with van der Waals surface area (Å²) in [7, 11) is 0. The summed E-state index contributed by atoms with van der Waals surface area (Å²) in [5, 5.41) is 15.6. The van der Waals surface area contributed by atoms with E-state index in [-0.39, 0.29) is 0 Å². The lowest BCUT2D eigenvalue weighted by molar-refractivity contribution is -0.266. The first kappa shape index (κ1) is 18.9. The minimum atomic E-state index is -5.03. The molecule has 1 aromatic heterocycles. The molecule has 146 valence electrons. The van der Waals surface area contributed by atoms with E-state index in [0.29, 0.717) is 22.7 Å². The van der Waals surface area contributed by atoms with Crippen LogP contribution in [0.25, 0.3) is 10.8 Å². The number of halogens is 3. The molecule has 0 unspecified atom stereocenters. The minimum Gasteiger partial charge on any atom is -0.374 e. The molecule has 3 aromatic rings. The minimum absolute atomic E-state index is 0.357. The highest BCUT2D eigenvalue weighted by Crippen LogP contribution is 2.43. The Labute approximate surface area is 163 Å². The molecule has 0 radical (unpaired) electrons. The van der Waals surface area contributed by atoms with Crippen LogP contribution in [0.15, 0.2) is 35.7 Å². The molecule has 1 aliphatic carbocycles. The third kappa shape index (κ3) is 3.06. The first-order valence-electron chi connectivity index (χ1n) is 8.74. The van der Waals surface area contributed by atoms with Gasteiger partial charge < -0.3 is 10.4 Å². The van der Waals surface area contributed by atoms with E-state index in [2.05, 4.69) is 10.3 Å². The highest BCUT2D eigenvalue weighted by atomic mass is 32.1. The maximum atomic E-state index is 13.6. The fourth-order valence-corrected chi connectivity index (χ4v) is 4.54. The predicted molar refractivity (Wildman–Crippen MR) is 101 cm³/mol. The molecular formula is C20H17F3N2O2S. The smallest absolute Gasteiger partial charge is 0.374 e. The number of aryl methyl sites for hydroxylation is 3. The molecule has 0 aliphatic heterocycles. The normalized spacial score (nSPS) is 15.6. The van der Waals surface area contributed by atoms with Gasteiger partial charge in [-0.3, -0.25) is 4.79 Å². The molecule has 4 nitrogen and oxygen atoms in total. The van der Waals surface area contributed by atoms with Gasteiger partial charge >= 0.3 is 6.18 Å². The van der Waals surface area contributed by atoms with E-state index in [0.717, 1.165) is 34.7 Å². The molecule has 1 aliphatic rings. The van der Waals surface area contributed by atoms with Gasteiger partial charge in [-0.1, -0.05) is 24.3 Å². The molecule has 0 saturated carbocycles. The van der Waals surface area contributed by atoms with Gasteiger partial charge in [-0.15, -0.1) is 11.3 Å². The van der Waals surface area contributed by atoms with Crippen LogP contribution in [0, 0.1) is 6.92 Å². The zero-order chi connectivity index (χ0) is 20.1. The van der Waals surface area contributed by atoms with Crippen molar-refractivity contribution < 1.29 is 23.1 Å². The Morgan fingerprint density at radius 1 is 1.21 bits per heavy atom. The highest BCUT2D eigenvalue weighted by Gasteiger charge is 2.58. The number of hydrogen-bond donors (Lipinski definition) is 2. The van der Waals surface area contributed by atoms with Crippen LogP contribution < -0.4 is 5.32 Å². The van der Waals surface area contributed by atoms with Crippen molar-refractivity contribution in [3.63, 3.8) is 0 Å². The lowest BCUT2D eigenvalue weighted by Gasteiger charge is -2.28. The Morgan fingerprint density at radius 3 is 2.57 bits per heavy atom. The lowest BCUT2D eigenvalue weighted by Crippen LogP contribution is -2.45. The summed E-state index contributed by atoms with van der Waals surface area (Å²) in [5.41, 5.74) is -0.213. The number of nitrogens with one attached hydrogen (secondary N) is 1. The van der Waals surface area contributed by atoms with Crippen LogP contribution >= 0.6 is 11.3 Å². The average molecular weight is 406 g/mol. The van der Waals surface area contributed by atoms with Gasteiger partial charge in [0, 0.05) is 22.1 Å². The molecule has 1 atom stereocenters. The number of aliphatic hydroxyl groups is 1. The molecule has 0 fully saturated rings. The third-order valence-corrected chi connectivity index (χ3v) is 6.12. The van der Waals surface area contributed by atoms with Crippen molar-refractivity contribution >= 4 is 33.7 Å². The number of anilines is 1. The van der Waals surface area contributed by atoms with Gasteiger partial charge in [0.05, 0.1) is 6.42 Å². The summed E-state index contributed by atoms with van der Waals surface area (Å²) in [6, 6.07) is 9.30. The van der Waals surface area contributed by atoms with E-state index in [1.54, 1.807) is 6.07 Å². The number of aromatic nitrogens is 1. The summed E-state index contributed by atoms with van der Waals surface area (Å²) in [6.07, 6.45) is -4.38. The zero-order valence-electron chi connectivity index (χ0n) is 14.9. The van der Waals surface area contributed by atoms with E-state index in [1.165, 1.54) is 12.3 Å². The highest BCUT2D eigenvalue weighted by molar-refractivity contribution is 7.09. The monoisotopic (exact) mass is 406 g/mol. The summed E-state index contributed by atoms with van der Waals surface area (Å²) in [5.74, 6) is -0.925. The second-order valence-electron chi connectivity index (χ2n) is 6.99. The number of carbonyl (C=O) groups excluding carboxylic acids is 1. The molecule has 28 heavy (non-hydrogen) atoms. The van der Waals surface area contributed by atoms with Crippen LogP contribution in [-0.4, -0.2) is 22.2 Å².